The van der Waals surface area contributed by atoms with Crippen molar-refractivity contribution in [3.8, 4) is 0 Å². The summed E-state index contributed by atoms with van der Waals surface area (Å²) in [4.78, 5) is 11.3. The molecule has 1 heterocycles. The summed E-state index contributed by atoms with van der Waals surface area (Å²) in [5.41, 5.74) is 2.55. The maximum atomic E-state index is 11.3. The van der Waals surface area contributed by atoms with Gasteiger partial charge in [-0.1, -0.05) is 25.1 Å². The van der Waals surface area contributed by atoms with Gasteiger partial charge in [-0.15, -0.1) is 0 Å². The lowest BCUT2D eigenvalue weighted by molar-refractivity contribution is -0.143. The van der Waals surface area contributed by atoms with Gasteiger partial charge in [0.2, 0.25) is 0 Å². The average molecular weight is 233 g/mol. The minimum absolute atomic E-state index is 0.0996. The van der Waals surface area contributed by atoms with Crippen LogP contribution in [0.15, 0.2) is 24.3 Å². The molecule has 0 saturated heterocycles. The topological polar surface area (TPSA) is 38.3 Å². The van der Waals surface area contributed by atoms with E-state index in [1.165, 1.54) is 11.3 Å². The first-order chi connectivity index (χ1) is 8.22. The van der Waals surface area contributed by atoms with Crippen molar-refractivity contribution in [3.05, 3.63) is 29.8 Å². The lowest BCUT2D eigenvalue weighted by atomic mass is 9.94. The predicted octanol–water partition coefficient (Wildman–Crippen LogP) is 2.93. The molecule has 2 atom stereocenters. The zero-order chi connectivity index (χ0) is 12.3. The van der Waals surface area contributed by atoms with Gasteiger partial charge in [0.05, 0.1) is 6.61 Å². The van der Waals surface area contributed by atoms with Crippen molar-refractivity contribution in [1.29, 1.82) is 0 Å². The number of esters is 1. The van der Waals surface area contributed by atoms with Crippen LogP contribution in [-0.2, 0) is 9.53 Å². The van der Waals surface area contributed by atoms with Crippen molar-refractivity contribution < 1.29 is 9.53 Å². The van der Waals surface area contributed by atoms with E-state index in [2.05, 4.69) is 30.4 Å². The van der Waals surface area contributed by atoms with Crippen LogP contribution < -0.4 is 5.32 Å². The second kappa shape index (κ2) is 5.21. The molecule has 0 aliphatic carbocycles. The van der Waals surface area contributed by atoms with E-state index in [0.29, 0.717) is 25.0 Å². The SMILES string of the molecule is CCOC(=O)CC[C@H]1Nc2ccccc2[C@@H]1C. The van der Waals surface area contributed by atoms with Crippen LogP contribution in [0.5, 0.6) is 0 Å². The third-order valence-electron chi connectivity index (χ3n) is 3.36. The van der Waals surface area contributed by atoms with Crippen molar-refractivity contribution in [2.45, 2.75) is 38.6 Å². The van der Waals surface area contributed by atoms with Gasteiger partial charge in [-0.3, -0.25) is 4.79 Å². The molecule has 0 fully saturated rings. The van der Waals surface area contributed by atoms with Gasteiger partial charge in [0.15, 0.2) is 0 Å². The van der Waals surface area contributed by atoms with Crippen LogP contribution in [0.25, 0.3) is 0 Å². The Kier molecular flexibility index (Phi) is 3.67. The molecule has 3 heteroatoms. The van der Waals surface area contributed by atoms with E-state index in [0.717, 1.165) is 6.42 Å². The van der Waals surface area contributed by atoms with Gasteiger partial charge in [-0.25, -0.2) is 0 Å². The first-order valence-corrected chi connectivity index (χ1v) is 6.23. The van der Waals surface area contributed by atoms with Crippen LogP contribution in [0.2, 0.25) is 0 Å². The largest absolute Gasteiger partial charge is 0.466 e. The number of benzene rings is 1. The van der Waals surface area contributed by atoms with Gasteiger partial charge in [0.1, 0.15) is 0 Å². The molecule has 92 valence electrons. The minimum Gasteiger partial charge on any atom is -0.466 e. The summed E-state index contributed by atoms with van der Waals surface area (Å²) in [7, 11) is 0. The second-order valence-corrected chi connectivity index (χ2v) is 4.47. The number of carbonyl (C=O) groups is 1. The van der Waals surface area contributed by atoms with Crippen molar-refractivity contribution in [2.75, 3.05) is 11.9 Å². The Balaban J connectivity index is 1.92. The maximum absolute atomic E-state index is 11.3. The van der Waals surface area contributed by atoms with Crippen LogP contribution in [0.4, 0.5) is 5.69 Å². The number of para-hydroxylation sites is 1. The van der Waals surface area contributed by atoms with Crippen molar-refractivity contribution in [3.63, 3.8) is 0 Å². The fourth-order valence-corrected chi connectivity index (χ4v) is 2.40. The van der Waals surface area contributed by atoms with E-state index < -0.39 is 0 Å². The number of fused-ring (bicyclic) bond motifs is 1. The van der Waals surface area contributed by atoms with Gasteiger partial charge in [-0.05, 0) is 25.0 Å². The first-order valence-electron chi connectivity index (χ1n) is 6.23. The normalized spacial score (nSPS) is 21.8. The van der Waals surface area contributed by atoms with Gasteiger partial charge in [0.25, 0.3) is 0 Å². The summed E-state index contributed by atoms with van der Waals surface area (Å²) in [5, 5.41) is 3.47. The smallest absolute Gasteiger partial charge is 0.305 e. The van der Waals surface area contributed by atoms with Crippen LogP contribution in [0, 0.1) is 0 Å². The highest BCUT2D eigenvalue weighted by Gasteiger charge is 2.28. The zero-order valence-electron chi connectivity index (χ0n) is 10.4. The molecule has 0 radical (unpaired) electrons. The Morgan fingerprint density at radius 1 is 1.41 bits per heavy atom. The van der Waals surface area contributed by atoms with Gasteiger partial charge in [-0.2, -0.15) is 0 Å². The standard InChI is InChI=1S/C14H19NO2/c1-3-17-14(16)9-8-12-10(2)11-6-4-5-7-13(11)15-12/h4-7,10,12,15H,3,8-9H2,1-2H3/t10-,12+/m0/s1. The second-order valence-electron chi connectivity index (χ2n) is 4.47. The number of hydrogen-bond acceptors (Lipinski definition) is 3. The molecule has 2 rings (SSSR count). The Morgan fingerprint density at radius 3 is 2.88 bits per heavy atom. The fraction of sp³-hybridized carbons (Fsp3) is 0.500. The van der Waals surface area contributed by atoms with E-state index in [9.17, 15) is 4.79 Å². The van der Waals surface area contributed by atoms with Crippen molar-refractivity contribution >= 4 is 11.7 Å². The van der Waals surface area contributed by atoms with E-state index in [4.69, 9.17) is 4.74 Å². The number of carbonyl (C=O) groups excluding carboxylic acids is 1. The first kappa shape index (κ1) is 12.0. The van der Waals surface area contributed by atoms with Gasteiger partial charge >= 0.3 is 5.97 Å². The Labute approximate surface area is 102 Å². The monoisotopic (exact) mass is 233 g/mol. The third kappa shape index (κ3) is 2.60. The summed E-state index contributed by atoms with van der Waals surface area (Å²) in [6.45, 7) is 4.51. The van der Waals surface area contributed by atoms with Crippen LogP contribution in [0.3, 0.4) is 0 Å². The van der Waals surface area contributed by atoms with Crippen LogP contribution >= 0.6 is 0 Å². The zero-order valence-corrected chi connectivity index (χ0v) is 10.4. The highest BCUT2D eigenvalue weighted by molar-refractivity contribution is 5.69. The number of anilines is 1. The molecule has 1 aromatic rings. The highest BCUT2D eigenvalue weighted by atomic mass is 16.5. The summed E-state index contributed by atoms with van der Waals surface area (Å²) in [6.07, 6.45) is 1.32. The lowest BCUT2D eigenvalue weighted by Crippen LogP contribution is -2.20. The Hall–Kier alpha value is -1.51. The molecular formula is C14H19NO2. The van der Waals surface area contributed by atoms with Gasteiger partial charge in [0, 0.05) is 24.1 Å². The molecule has 1 aliphatic rings. The van der Waals surface area contributed by atoms with Crippen molar-refractivity contribution in [1.82, 2.24) is 0 Å². The molecule has 0 spiro atoms. The highest BCUT2D eigenvalue weighted by Crippen LogP contribution is 2.36. The van der Waals surface area contributed by atoms with E-state index in [-0.39, 0.29) is 5.97 Å². The molecule has 0 aromatic heterocycles. The average Bonchev–Trinajstić information content (AvgIpc) is 2.65. The van der Waals surface area contributed by atoms with E-state index in [1.54, 1.807) is 0 Å². The molecule has 0 bridgehead atoms. The number of hydrogen-bond donors (Lipinski definition) is 1. The number of rotatable bonds is 4. The summed E-state index contributed by atoms with van der Waals surface area (Å²) >= 11 is 0. The van der Waals surface area contributed by atoms with Crippen LogP contribution in [-0.4, -0.2) is 18.6 Å². The summed E-state index contributed by atoms with van der Waals surface area (Å²) in [6, 6.07) is 8.68. The molecule has 1 aromatic carbocycles. The molecule has 0 saturated carbocycles. The Bertz CT molecular complexity index is 403. The molecular weight excluding hydrogens is 214 g/mol. The number of ether oxygens (including phenoxy) is 1. The summed E-state index contributed by atoms with van der Waals surface area (Å²) < 4.78 is 4.95. The van der Waals surface area contributed by atoms with Gasteiger partial charge < -0.3 is 10.1 Å². The van der Waals surface area contributed by atoms with E-state index >= 15 is 0 Å². The molecule has 1 N–H and O–H groups in total. The molecule has 3 nitrogen and oxygen atoms in total. The lowest BCUT2D eigenvalue weighted by Gasteiger charge is -2.15. The maximum Gasteiger partial charge on any atom is 0.305 e. The molecule has 1 aliphatic heterocycles. The molecule has 17 heavy (non-hydrogen) atoms. The minimum atomic E-state index is -0.0996. The van der Waals surface area contributed by atoms with Crippen molar-refractivity contribution in [2.24, 2.45) is 0 Å². The van der Waals surface area contributed by atoms with E-state index in [1.807, 2.05) is 13.0 Å². The predicted molar refractivity (Wildman–Crippen MR) is 68.1 cm³/mol. The Morgan fingerprint density at radius 2 is 2.18 bits per heavy atom. The number of nitrogens with one attached hydrogen (secondary N) is 1. The quantitative estimate of drug-likeness (QED) is 0.813. The molecule has 0 amide bonds. The fourth-order valence-electron chi connectivity index (χ4n) is 2.40. The molecule has 0 unspecified atom stereocenters. The third-order valence-corrected chi connectivity index (χ3v) is 3.36. The van der Waals surface area contributed by atoms with Crippen LogP contribution in [0.1, 0.15) is 38.2 Å². The summed E-state index contributed by atoms with van der Waals surface area (Å²) in [5.74, 6) is 0.359.